The minimum atomic E-state index is -1.27. The molecule has 1 heterocycles. The zero-order chi connectivity index (χ0) is 15.6. The number of rotatable bonds is 4. The van der Waals surface area contributed by atoms with Crippen molar-refractivity contribution in [3.8, 4) is 0 Å². The molecule has 0 aromatic carbocycles. The monoisotopic (exact) mass is 292 g/mol. The molecule has 1 aromatic rings. The van der Waals surface area contributed by atoms with Gasteiger partial charge in [-0.3, -0.25) is 9.78 Å². The molecule has 0 saturated heterocycles. The van der Waals surface area contributed by atoms with E-state index in [-0.39, 0.29) is 5.92 Å². The van der Waals surface area contributed by atoms with Gasteiger partial charge in [-0.05, 0) is 38.8 Å². The Morgan fingerprint density at radius 1 is 1.52 bits per heavy atom. The van der Waals surface area contributed by atoms with Crippen molar-refractivity contribution >= 4 is 11.9 Å². The second-order valence-corrected chi connectivity index (χ2v) is 5.38. The van der Waals surface area contributed by atoms with Gasteiger partial charge in [0, 0.05) is 11.6 Å². The SMILES string of the molecule is CCOC(=O)c1ccc(C2CCCC2(N)C(=O)O)nc1C. The first kappa shape index (κ1) is 15.4. The fraction of sp³-hybridized carbons (Fsp3) is 0.533. The highest BCUT2D eigenvalue weighted by Crippen LogP contribution is 2.40. The van der Waals surface area contributed by atoms with Crippen molar-refractivity contribution in [2.45, 2.75) is 44.6 Å². The van der Waals surface area contributed by atoms with Crippen LogP contribution in [-0.2, 0) is 9.53 Å². The highest BCUT2D eigenvalue weighted by molar-refractivity contribution is 5.90. The van der Waals surface area contributed by atoms with E-state index in [1.54, 1.807) is 26.0 Å². The summed E-state index contributed by atoms with van der Waals surface area (Å²) >= 11 is 0. The molecule has 0 amide bonds. The maximum atomic E-state index is 11.8. The molecule has 0 aliphatic heterocycles. The molecule has 1 saturated carbocycles. The number of carbonyl (C=O) groups excluding carboxylic acids is 1. The van der Waals surface area contributed by atoms with Gasteiger partial charge in [0.1, 0.15) is 5.54 Å². The number of carboxylic acids is 1. The molecular weight excluding hydrogens is 272 g/mol. The van der Waals surface area contributed by atoms with Gasteiger partial charge in [0.15, 0.2) is 0 Å². The van der Waals surface area contributed by atoms with Crippen LogP contribution in [0, 0.1) is 6.92 Å². The van der Waals surface area contributed by atoms with Crippen LogP contribution < -0.4 is 5.73 Å². The Morgan fingerprint density at radius 2 is 2.24 bits per heavy atom. The van der Waals surface area contributed by atoms with Crippen molar-refractivity contribution in [2.24, 2.45) is 5.73 Å². The summed E-state index contributed by atoms with van der Waals surface area (Å²) in [6.45, 7) is 3.75. The van der Waals surface area contributed by atoms with Crippen LogP contribution >= 0.6 is 0 Å². The quantitative estimate of drug-likeness (QED) is 0.817. The van der Waals surface area contributed by atoms with Crippen LogP contribution in [0.3, 0.4) is 0 Å². The fourth-order valence-electron chi connectivity index (χ4n) is 2.90. The van der Waals surface area contributed by atoms with E-state index >= 15 is 0 Å². The molecule has 0 radical (unpaired) electrons. The number of carboxylic acid groups (broad SMARTS) is 1. The normalized spacial score (nSPS) is 24.8. The van der Waals surface area contributed by atoms with E-state index in [9.17, 15) is 14.7 Å². The smallest absolute Gasteiger partial charge is 0.339 e. The summed E-state index contributed by atoms with van der Waals surface area (Å²) < 4.78 is 4.96. The molecule has 2 rings (SSSR count). The van der Waals surface area contributed by atoms with Gasteiger partial charge in [-0.15, -0.1) is 0 Å². The standard InChI is InChI=1S/C15H20N2O4/c1-3-21-13(18)10-6-7-12(17-9(10)2)11-5-4-8-15(11,16)14(19)20/h6-7,11H,3-5,8,16H2,1-2H3,(H,19,20). The van der Waals surface area contributed by atoms with Gasteiger partial charge in [-0.25, -0.2) is 4.79 Å². The van der Waals surface area contributed by atoms with Crippen LogP contribution in [0.2, 0.25) is 0 Å². The molecule has 3 N–H and O–H groups in total. The summed E-state index contributed by atoms with van der Waals surface area (Å²) in [7, 11) is 0. The first-order valence-corrected chi connectivity index (χ1v) is 7.07. The number of aliphatic carboxylic acids is 1. The van der Waals surface area contributed by atoms with Crippen molar-refractivity contribution in [1.29, 1.82) is 0 Å². The maximum absolute atomic E-state index is 11.8. The predicted octanol–water partition coefficient (Wildman–Crippen LogP) is 1.62. The van der Waals surface area contributed by atoms with Gasteiger partial charge < -0.3 is 15.6 Å². The number of aromatic nitrogens is 1. The van der Waals surface area contributed by atoms with Gasteiger partial charge in [0.2, 0.25) is 0 Å². The van der Waals surface area contributed by atoms with Gasteiger partial charge in [0.25, 0.3) is 0 Å². The molecule has 2 atom stereocenters. The lowest BCUT2D eigenvalue weighted by Crippen LogP contribution is -2.50. The third-order valence-electron chi connectivity index (χ3n) is 4.06. The van der Waals surface area contributed by atoms with Crippen LogP contribution in [0.4, 0.5) is 0 Å². The molecule has 1 aliphatic carbocycles. The summed E-state index contributed by atoms with van der Waals surface area (Å²) in [5.74, 6) is -1.75. The number of hydrogen-bond donors (Lipinski definition) is 2. The van der Waals surface area contributed by atoms with E-state index in [2.05, 4.69) is 4.98 Å². The van der Waals surface area contributed by atoms with E-state index in [4.69, 9.17) is 10.5 Å². The Balaban J connectivity index is 2.32. The summed E-state index contributed by atoms with van der Waals surface area (Å²) in [6.07, 6.45) is 1.88. The number of carbonyl (C=O) groups is 2. The topological polar surface area (TPSA) is 103 Å². The lowest BCUT2D eigenvalue weighted by Gasteiger charge is -2.26. The van der Waals surface area contributed by atoms with Crippen LogP contribution in [0.15, 0.2) is 12.1 Å². The molecule has 0 spiro atoms. The summed E-state index contributed by atoms with van der Waals surface area (Å²) in [5, 5.41) is 9.36. The predicted molar refractivity (Wildman–Crippen MR) is 76.1 cm³/mol. The summed E-state index contributed by atoms with van der Waals surface area (Å²) in [5.41, 5.74) is 6.33. The summed E-state index contributed by atoms with van der Waals surface area (Å²) in [6, 6.07) is 3.32. The van der Waals surface area contributed by atoms with E-state index in [0.29, 0.717) is 36.4 Å². The van der Waals surface area contributed by atoms with E-state index in [0.717, 1.165) is 6.42 Å². The van der Waals surface area contributed by atoms with Crippen LogP contribution in [0.1, 0.15) is 53.8 Å². The number of nitrogens with zero attached hydrogens (tertiary/aromatic N) is 1. The zero-order valence-corrected chi connectivity index (χ0v) is 12.3. The third kappa shape index (κ3) is 2.76. The van der Waals surface area contributed by atoms with Crippen molar-refractivity contribution < 1.29 is 19.4 Å². The van der Waals surface area contributed by atoms with Crippen LogP contribution in [0.25, 0.3) is 0 Å². The Morgan fingerprint density at radius 3 is 2.81 bits per heavy atom. The number of nitrogens with two attached hydrogens (primary N) is 1. The Labute approximate surface area is 123 Å². The molecule has 0 bridgehead atoms. The van der Waals surface area contributed by atoms with Crippen molar-refractivity contribution in [1.82, 2.24) is 4.98 Å². The third-order valence-corrected chi connectivity index (χ3v) is 4.06. The molecule has 1 aliphatic rings. The zero-order valence-electron chi connectivity index (χ0n) is 12.3. The van der Waals surface area contributed by atoms with E-state index in [1.807, 2.05) is 0 Å². The van der Waals surface area contributed by atoms with Gasteiger partial charge in [-0.2, -0.15) is 0 Å². The molecule has 114 valence electrons. The van der Waals surface area contributed by atoms with Gasteiger partial charge >= 0.3 is 11.9 Å². The molecule has 1 fully saturated rings. The first-order valence-electron chi connectivity index (χ1n) is 7.07. The maximum Gasteiger partial charge on any atom is 0.339 e. The second kappa shape index (κ2) is 5.81. The Kier molecular flexibility index (Phi) is 4.27. The number of pyridine rings is 1. The number of hydrogen-bond acceptors (Lipinski definition) is 5. The number of ether oxygens (including phenoxy) is 1. The number of aryl methyl sites for hydroxylation is 1. The van der Waals surface area contributed by atoms with Gasteiger partial charge in [0.05, 0.1) is 17.9 Å². The van der Waals surface area contributed by atoms with Crippen LogP contribution in [-0.4, -0.2) is 34.2 Å². The molecular formula is C15H20N2O4. The highest BCUT2D eigenvalue weighted by atomic mass is 16.5. The molecule has 6 nitrogen and oxygen atoms in total. The van der Waals surface area contributed by atoms with Gasteiger partial charge in [-0.1, -0.05) is 6.42 Å². The van der Waals surface area contributed by atoms with E-state index < -0.39 is 17.5 Å². The fourth-order valence-corrected chi connectivity index (χ4v) is 2.90. The van der Waals surface area contributed by atoms with Crippen LogP contribution in [0.5, 0.6) is 0 Å². The highest BCUT2D eigenvalue weighted by Gasteiger charge is 2.47. The molecule has 6 heteroatoms. The second-order valence-electron chi connectivity index (χ2n) is 5.38. The average Bonchev–Trinajstić information content (AvgIpc) is 2.82. The lowest BCUT2D eigenvalue weighted by molar-refractivity contribution is -0.143. The summed E-state index contributed by atoms with van der Waals surface area (Å²) in [4.78, 5) is 27.6. The van der Waals surface area contributed by atoms with E-state index in [1.165, 1.54) is 0 Å². The Bertz CT molecular complexity index is 573. The molecule has 2 unspecified atom stereocenters. The Hall–Kier alpha value is -1.95. The molecule has 21 heavy (non-hydrogen) atoms. The average molecular weight is 292 g/mol. The molecule has 1 aromatic heterocycles. The number of esters is 1. The van der Waals surface area contributed by atoms with Crippen molar-refractivity contribution in [2.75, 3.05) is 6.61 Å². The minimum absolute atomic E-state index is 0.299. The van der Waals surface area contributed by atoms with Crippen molar-refractivity contribution in [3.05, 3.63) is 29.1 Å². The van der Waals surface area contributed by atoms with Crippen molar-refractivity contribution in [3.63, 3.8) is 0 Å². The largest absolute Gasteiger partial charge is 0.480 e. The first-order chi connectivity index (χ1) is 9.90. The lowest BCUT2D eigenvalue weighted by atomic mass is 9.85. The minimum Gasteiger partial charge on any atom is -0.480 e.